The minimum atomic E-state index is 0.636. The number of aryl methyl sites for hydroxylation is 1. The molecule has 3 nitrogen and oxygen atoms in total. The lowest BCUT2D eigenvalue weighted by Crippen LogP contribution is -2.19. The first-order valence-corrected chi connectivity index (χ1v) is 7.87. The summed E-state index contributed by atoms with van der Waals surface area (Å²) in [6, 6.07) is 6.04. The Morgan fingerprint density at radius 1 is 1.24 bits per heavy atom. The summed E-state index contributed by atoms with van der Waals surface area (Å²) in [4.78, 5) is 0. The van der Waals surface area contributed by atoms with Gasteiger partial charge < -0.3 is 5.32 Å². The maximum Gasteiger partial charge on any atom is 0.0848 e. The van der Waals surface area contributed by atoms with Crippen LogP contribution in [0.15, 0.2) is 18.2 Å². The molecule has 0 aliphatic rings. The Morgan fingerprint density at radius 2 is 1.95 bits per heavy atom. The molecule has 0 saturated heterocycles. The van der Waals surface area contributed by atoms with Crippen molar-refractivity contribution >= 4 is 23.2 Å². The number of benzene rings is 1. The second-order valence-electron chi connectivity index (χ2n) is 5.71. The topological polar surface area (TPSA) is 29.9 Å². The number of halogens is 2. The summed E-state index contributed by atoms with van der Waals surface area (Å²) in [7, 11) is 0. The van der Waals surface area contributed by atoms with Crippen LogP contribution in [0.4, 0.5) is 0 Å². The highest BCUT2D eigenvalue weighted by molar-refractivity contribution is 6.33. The Balaban J connectivity index is 2.21. The van der Waals surface area contributed by atoms with Crippen molar-refractivity contribution in [2.75, 3.05) is 6.54 Å². The van der Waals surface area contributed by atoms with Crippen LogP contribution in [0.1, 0.15) is 30.8 Å². The molecule has 0 fully saturated rings. The average Bonchev–Trinajstić information content (AvgIpc) is 2.66. The van der Waals surface area contributed by atoms with Gasteiger partial charge in [-0.3, -0.25) is 0 Å². The first kappa shape index (κ1) is 16.3. The van der Waals surface area contributed by atoms with E-state index < -0.39 is 0 Å². The van der Waals surface area contributed by atoms with Crippen LogP contribution in [0.5, 0.6) is 0 Å². The van der Waals surface area contributed by atoms with Crippen molar-refractivity contribution in [1.29, 1.82) is 0 Å². The molecule has 0 radical (unpaired) electrons. The second-order valence-corrected chi connectivity index (χ2v) is 6.49. The minimum absolute atomic E-state index is 0.636. The standard InChI is InChI=1S/C16H21Cl2N3/c1-10(2)8-19-9-13-5-6-15(14(17)7-13)21-12(4)16(18)11(3)20-21/h5-7,10,19H,8-9H2,1-4H3. The Kier molecular flexibility index (Phi) is 5.31. The van der Waals surface area contributed by atoms with Crippen LogP contribution in [0, 0.1) is 19.8 Å². The SMILES string of the molecule is Cc1nn(-c2ccc(CNCC(C)C)cc2Cl)c(C)c1Cl. The normalized spacial score (nSPS) is 11.4. The van der Waals surface area contributed by atoms with E-state index in [4.69, 9.17) is 23.2 Å². The highest BCUT2D eigenvalue weighted by atomic mass is 35.5. The van der Waals surface area contributed by atoms with Crippen LogP contribution >= 0.6 is 23.2 Å². The number of aromatic nitrogens is 2. The Labute approximate surface area is 136 Å². The summed E-state index contributed by atoms with van der Waals surface area (Å²) in [6.07, 6.45) is 0. The van der Waals surface area contributed by atoms with Crippen molar-refractivity contribution in [2.24, 2.45) is 5.92 Å². The highest BCUT2D eigenvalue weighted by Gasteiger charge is 2.13. The van der Waals surface area contributed by atoms with E-state index in [1.807, 2.05) is 26.0 Å². The van der Waals surface area contributed by atoms with Gasteiger partial charge in [-0.1, -0.05) is 43.1 Å². The molecule has 0 atom stereocenters. The van der Waals surface area contributed by atoms with Crippen LogP contribution in [0.3, 0.4) is 0 Å². The zero-order chi connectivity index (χ0) is 15.6. The zero-order valence-corrected chi connectivity index (χ0v) is 14.4. The quantitative estimate of drug-likeness (QED) is 0.874. The Bertz CT molecular complexity index is 633. The van der Waals surface area contributed by atoms with Gasteiger partial charge in [-0.05, 0) is 44.0 Å². The highest BCUT2D eigenvalue weighted by Crippen LogP contribution is 2.27. The number of hydrogen-bond acceptors (Lipinski definition) is 2. The van der Waals surface area contributed by atoms with Gasteiger partial charge in [0.15, 0.2) is 0 Å². The minimum Gasteiger partial charge on any atom is -0.312 e. The van der Waals surface area contributed by atoms with Gasteiger partial charge in [0.2, 0.25) is 0 Å². The van der Waals surface area contributed by atoms with Crippen LogP contribution in [0.25, 0.3) is 5.69 Å². The molecule has 0 spiro atoms. The van der Waals surface area contributed by atoms with Crippen molar-refractivity contribution in [3.8, 4) is 5.69 Å². The van der Waals surface area contributed by atoms with Crippen LogP contribution in [-0.4, -0.2) is 16.3 Å². The number of nitrogens with zero attached hydrogens (tertiary/aromatic N) is 2. The molecule has 0 aliphatic heterocycles. The molecule has 0 saturated carbocycles. The van der Waals surface area contributed by atoms with Gasteiger partial charge >= 0.3 is 0 Å². The van der Waals surface area contributed by atoms with Crippen molar-refractivity contribution < 1.29 is 0 Å². The van der Waals surface area contributed by atoms with E-state index in [0.717, 1.165) is 35.7 Å². The molecule has 5 heteroatoms. The van der Waals surface area contributed by atoms with E-state index in [0.29, 0.717) is 16.0 Å². The molecular formula is C16H21Cl2N3. The van der Waals surface area contributed by atoms with Crippen molar-refractivity contribution in [1.82, 2.24) is 15.1 Å². The smallest absolute Gasteiger partial charge is 0.0848 e. The fourth-order valence-electron chi connectivity index (χ4n) is 2.20. The van der Waals surface area contributed by atoms with Gasteiger partial charge in [-0.2, -0.15) is 5.10 Å². The number of nitrogens with one attached hydrogen (secondary N) is 1. The van der Waals surface area contributed by atoms with Crippen LogP contribution in [0.2, 0.25) is 10.0 Å². The molecule has 2 aromatic rings. The first-order chi connectivity index (χ1) is 9.90. The Hall–Kier alpha value is -1.03. The summed E-state index contributed by atoms with van der Waals surface area (Å²) < 4.78 is 1.80. The van der Waals surface area contributed by atoms with E-state index in [1.54, 1.807) is 4.68 Å². The molecule has 1 N–H and O–H groups in total. The summed E-state index contributed by atoms with van der Waals surface area (Å²) in [5, 5.41) is 9.22. The van der Waals surface area contributed by atoms with Crippen molar-refractivity contribution in [3.05, 3.63) is 45.2 Å². The van der Waals surface area contributed by atoms with Crippen LogP contribution in [-0.2, 0) is 6.54 Å². The third-order valence-electron chi connectivity index (χ3n) is 3.32. The molecule has 1 aromatic heterocycles. The molecule has 1 aromatic carbocycles. The molecule has 0 unspecified atom stereocenters. The van der Waals surface area contributed by atoms with E-state index in [2.05, 4.69) is 30.3 Å². The van der Waals surface area contributed by atoms with Gasteiger partial charge in [-0.25, -0.2) is 4.68 Å². The summed E-state index contributed by atoms with van der Waals surface area (Å²) >= 11 is 12.6. The molecule has 0 aliphatic carbocycles. The lowest BCUT2D eigenvalue weighted by Gasteiger charge is -2.11. The lowest BCUT2D eigenvalue weighted by atomic mass is 10.2. The van der Waals surface area contributed by atoms with E-state index >= 15 is 0 Å². The monoisotopic (exact) mass is 325 g/mol. The molecule has 0 bridgehead atoms. The zero-order valence-electron chi connectivity index (χ0n) is 12.9. The van der Waals surface area contributed by atoms with Gasteiger partial charge in [0.25, 0.3) is 0 Å². The number of hydrogen-bond donors (Lipinski definition) is 1. The second kappa shape index (κ2) is 6.82. The largest absolute Gasteiger partial charge is 0.312 e. The predicted molar refractivity (Wildman–Crippen MR) is 89.6 cm³/mol. The third kappa shape index (κ3) is 3.79. The van der Waals surface area contributed by atoms with Gasteiger partial charge in [0.05, 0.1) is 27.1 Å². The summed E-state index contributed by atoms with van der Waals surface area (Å²) in [5.41, 5.74) is 3.74. The third-order valence-corrected chi connectivity index (χ3v) is 4.17. The van der Waals surface area contributed by atoms with Crippen molar-refractivity contribution in [2.45, 2.75) is 34.2 Å². The maximum atomic E-state index is 6.41. The summed E-state index contributed by atoms with van der Waals surface area (Å²) in [5.74, 6) is 0.636. The molecule has 21 heavy (non-hydrogen) atoms. The maximum absolute atomic E-state index is 6.41. The summed E-state index contributed by atoms with van der Waals surface area (Å²) in [6.45, 7) is 10.0. The molecule has 1 heterocycles. The first-order valence-electron chi connectivity index (χ1n) is 7.11. The molecule has 0 amide bonds. The Morgan fingerprint density at radius 3 is 2.48 bits per heavy atom. The van der Waals surface area contributed by atoms with Crippen LogP contribution < -0.4 is 5.32 Å². The lowest BCUT2D eigenvalue weighted by molar-refractivity contribution is 0.552. The average molecular weight is 326 g/mol. The molecular weight excluding hydrogens is 305 g/mol. The van der Waals surface area contributed by atoms with Gasteiger partial charge in [-0.15, -0.1) is 0 Å². The van der Waals surface area contributed by atoms with Gasteiger partial charge in [0.1, 0.15) is 0 Å². The van der Waals surface area contributed by atoms with E-state index in [-0.39, 0.29) is 0 Å². The molecule has 114 valence electrons. The molecule has 2 rings (SSSR count). The predicted octanol–water partition coefficient (Wildman–Crippen LogP) is 4.54. The fraction of sp³-hybridized carbons (Fsp3) is 0.438. The fourth-order valence-corrected chi connectivity index (χ4v) is 2.60. The van der Waals surface area contributed by atoms with E-state index in [9.17, 15) is 0 Å². The van der Waals surface area contributed by atoms with Gasteiger partial charge in [0, 0.05) is 6.54 Å². The van der Waals surface area contributed by atoms with Crippen molar-refractivity contribution in [3.63, 3.8) is 0 Å². The van der Waals surface area contributed by atoms with E-state index in [1.165, 1.54) is 0 Å². The number of rotatable bonds is 5.